The number of hydrogen-bond acceptors (Lipinski definition) is 3. The Labute approximate surface area is 132 Å². The molecule has 0 atom stereocenters. The summed E-state index contributed by atoms with van der Waals surface area (Å²) in [6.07, 6.45) is 2.81. The summed E-state index contributed by atoms with van der Waals surface area (Å²) in [7, 11) is 0. The van der Waals surface area contributed by atoms with E-state index in [1.54, 1.807) is 6.92 Å². The summed E-state index contributed by atoms with van der Waals surface area (Å²) in [4.78, 5) is 24.9. The summed E-state index contributed by atoms with van der Waals surface area (Å²) >= 11 is 0. The third-order valence-corrected chi connectivity index (χ3v) is 4.37. The van der Waals surface area contributed by atoms with Gasteiger partial charge in [-0.05, 0) is 36.0 Å². The number of benzene rings is 1. The van der Waals surface area contributed by atoms with E-state index < -0.39 is 0 Å². The van der Waals surface area contributed by atoms with Crippen LogP contribution in [0.3, 0.4) is 0 Å². The maximum atomic E-state index is 11.6. The number of carbonyl (C=O) groups is 2. The summed E-state index contributed by atoms with van der Waals surface area (Å²) in [6.45, 7) is 7.78. The molecule has 1 saturated heterocycles. The number of cyclic esters (lactones) is 1. The van der Waals surface area contributed by atoms with Crippen molar-refractivity contribution in [2.75, 3.05) is 19.7 Å². The second-order valence-electron chi connectivity index (χ2n) is 5.58. The lowest BCUT2D eigenvalue weighted by Gasteiger charge is -2.32. The van der Waals surface area contributed by atoms with Crippen LogP contribution in [0.4, 0.5) is 0 Å². The SMILES string of the molecule is CC.CC(=O)N1CCC(c2ccc3c(c2)CCOC3=O)CC1. The number of esters is 1. The summed E-state index contributed by atoms with van der Waals surface area (Å²) < 4.78 is 5.05. The average Bonchev–Trinajstić information content (AvgIpc) is 2.57. The van der Waals surface area contributed by atoms with E-state index in [1.165, 1.54) is 5.56 Å². The van der Waals surface area contributed by atoms with Gasteiger partial charge < -0.3 is 9.64 Å². The molecule has 1 aromatic rings. The van der Waals surface area contributed by atoms with Crippen LogP contribution in [0.25, 0.3) is 0 Å². The molecule has 1 aromatic carbocycles. The molecule has 2 aliphatic heterocycles. The molecule has 0 spiro atoms. The highest BCUT2D eigenvalue weighted by atomic mass is 16.5. The largest absolute Gasteiger partial charge is 0.462 e. The predicted molar refractivity (Wildman–Crippen MR) is 86.0 cm³/mol. The average molecular weight is 303 g/mol. The first-order valence-corrected chi connectivity index (χ1v) is 8.20. The highest BCUT2D eigenvalue weighted by Crippen LogP contribution is 2.30. The molecule has 1 fully saturated rings. The molecule has 3 rings (SSSR count). The zero-order chi connectivity index (χ0) is 16.1. The van der Waals surface area contributed by atoms with Crippen LogP contribution >= 0.6 is 0 Å². The number of carbonyl (C=O) groups excluding carboxylic acids is 2. The van der Waals surface area contributed by atoms with Crippen LogP contribution in [0.5, 0.6) is 0 Å². The quantitative estimate of drug-likeness (QED) is 0.749. The molecule has 0 unspecified atom stereocenters. The van der Waals surface area contributed by atoms with Gasteiger partial charge in [0.15, 0.2) is 0 Å². The van der Waals surface area contributed by atoms with E-state index in [1.807, 2.05) is 30.9 Å². The van der Waals surface area contributed by atoms with E-state index in [0.717, 1.165) is 37.9 Å². The number of rotatable bonds is 1. The zero-order valence-electron chi connectivity index (χ0n) is 13.7. The lowest BCUT2D eigenvalue weighted by molar-refractivity contribution is -0.129. The molecule has 22 heavy (non-hydrogen) atoms. The highest BCUT2D eigenvalue weighted by molar-refractivity contribution is 5.92. The summed E-state index contributed by atoms with van der Waals surface area (Å²) in [5.74, 6) is 0.453. The highest BCUT2D eigenvalue weighted by Gasteiger charge is 2.24. The van der Waals surface area contributed by atoms with Gasteiger partial charge in [-0.25, -0.2) is 4.79 Å². The molecule has 2 heterocycles. The van der Waals surface area contributed by atoms with E-state index in [2.05, 4.69) is 6.07 Å². The minimum Gasteiger partial charge on any atom is -0.462 e. The fourth-order valence-electron chi connectivity index (χ4n) is 3.13. The topological polar surface area (TPSA) is 46.6 Å². The van der Waals surface area contributed by atoms with Crippen LogP contribution in [0.2, 0.25) is 0 Å². The van der Waals surface area contributed by atoms with Crippen LogP contribution in [0, 0.1) is 0 Å². The predicted octanol–water partition coefficient (Wildman–Crippen LogP) is 3.15. The Bertz CT molecular complexity index is 545. The molecule has 1 amide bonds. The molecule has 0 radical (unpaired) electrons. The maximum Gasteiger partial charge on any atom is 0.338 e. The van der Waals surface area contributed by atoms with Crippen molar-refractivity contribution in [3.05, 3.63) is 34.9 Å². The molecule has 0 aromatic heterocycles. The van der Waals surface area contributed by atoms with Gasteiger partial charge in [-0.3, -0.25) is 4.79 Å². The smallest absolute Gasteiger partial charge is 0.338 e. The van der Waals surface area contributed by atoms with Gasteiger partial charge >= 0.3 is 5.97 Å². The third kappa shape index (κ3) is 3.49. The number of amides is 1. The van der Waals surface area contributed by atoms with Crippen molar-refractivity contribution in [2.45, 2.75) is 46.0 Å². The lowest BCUT2D eigenvalue weighted by atomic mass is 9.87. The molecule has 0 bridgehead atoms. The number of likely N-dealkylation sites (tertiary alicyclic amines) is 1. The van der Waals surface area contributed by atoms with E-state index in [9.17, 15) is 9.59 Å². The fourth-order valence-corrected chi connectivity index (χ4v) is 3.13. The number of hydrogen-bond donors (Lipinski definition) is 0. The van der Waals surface area contributed by atoms with Gasteiger partial charge in [0.2, 0.25) is 5.91 Å². The van der Waals surface area contributed by atoms with Gasteiger partial charge in [0.25, 0.3) is 0 Å². The van der Waals surface area contributed by atoms with Gasteiger partial charge in [-0.15, -0.1) is 0 Å². The molecule has 4 heteroatoms. The number of fused-ring (bicyclic) bond motifs is 1. The number of piperidine rings is 1. The molecule has 2 aliphatic rings. The van der Waals surface area contributed by atoms with Crippen LogP contribution in [-0.4, -0.2) is 36.5 Å². The Morgan fingerprint density at radius 3 is 2.55 bits per heavy atom. The van der Waals surface area contributed by atoms with E-state index in [4.69, 9.17) is 4.74 Å². The van der Waals surface area contributed by atoms with Gasteiger partial charge in [0, 0.05) is 26.4 Å². The minimum absolute atomic E-state index is 0.164. The Morgan fingerprint density at radius 1 is 1.23 bits per heavy atom. The minimum atomic E-state index is -0.204. The molecular formula is C18H25NO3. The van der Waals surface area contributed by atoms with E-state index >= 15 is 0 Å². The second-order valence-corrected chi connectivity index (χ2v) is 5.58. The van der Waals surface area contributed by atoms with Crippen molar-refractivity contribution in [3.63, 3.8) is 0 Å². The maximum absolute atomic E-state index is 11.6. The Kier molecular flexibility index (Phi) is 5.58. The first-order chi connectivity index (χ1) is 10.6. The van der Waals surface area contributed by atoms with Crippen LogP contribution in [0.1, 0.15) is 61.0 Å². The second kappa shape index (κ2) is 7.43. The summed E-state index contributed by atoms with van der Waals surface area (Å²) in [5.41, 5.74) is 3.11. The molecule has 0 aliphatic carbocycles. The first-order valence-electron chi connectivity index (χ1n) is 8.20. The standard InChI is InChI=1S/C16H19NO3.C2H6/c1-11(18)17-7-4-12(5-8-17)13-2-3-15-14(10-13)6-9-20-16(15)19;1-2/h2-3,10,12H,4-9H2,1H3;1-2H3. The monoisotopic (exact) mass is 303 g/mol. The van der Waals surface area contributed by atoms with Crippen molar-refractivity contribution in [1.82, 2.24) is 4.90 Å². The van der Waals surface area contributed by atoms with Crippen LogP contribution in [0.15, 0.2) is 18.2 Å². The van der Waals surface area contributed by atoms with Crippen LogP contribution < -0.4 is 0 Å². The van der Waals surface area contributed by atoms with Crippen LogP contribution in [-0.2, 0) is 16.0 Å². The number of nitrogens with zero attached hydrogens (tertiary/aromatic N) is 1. The van der Waals surface area contributed by atoms with Crippen molar-refractivity contribution in [1.29, 1.82) is 0 Å². The third-order valence-electron chi connectivity index (χ3n) is 4.37. The van der Waals surface area contributed by atoms with Gasteiger partial charge in [0.1, 0.15) is 0 Å². The Hall–Kier alpha value is -1.84. The summed E-state index contributed by atoms with van der Waals surface area (Å²) in [5, 5.41) is 0. The van der Waals surface area contributed by atoms with Crippen molar-refractivity contribution >= 4 is 11.9 Å². The van der Waals surface area contributed by atoms with Crippen molar-refractivity contribution in [2.24, 2.45) is 0 Å². The van der Waals surface area contributed by atoms with Gasteiger partial charge in [-0.1, -0.05) is 26.0 Å². The van der Waals surface area contributed by atoms with E-state index in [0.29, 0.717) is 18.1 Å². The van der Waals surface area contributed by atoms with Gasteiger partial charge in [-0.2, -0.15) is 0 Å². The molecule has 4 nitrogen and oxygen atoms in total. The summed E-state index contributed by atoms with van der Waals surface area (Å²) in [6, 6.07) is 6.09. The Morgan fingerprint density at radius 2 is 1.91 bits per heavy atom. The molecular weight excluding hydrogens is 278 g/mol. The first kappa shape index (κ1) is 16.5. The Balaban J connectivity index is 0.000000847. The fraction of sp³-hybridized carbons (Fsp3) is 0.556. The molecule has 0 N–H and O–H groups in total. The molecule has 0 saturated carbocycles. The number of ether oxygens (including phenoxy) is 1. The lowest BCUT2D eigenvalue weighted by Crippen LogP contribution is -2.36. The molecule has 120 valence electrons. The van der Waals surface area contributed by atoms with E-state index in [-0.39, 0.29) is 11.9 Å². The van der Waals surface area contributed by atoms with Crippen molar-refractivity contribution < 1.29 is 14.3 Å². The zero-order valence-corrected chi connectivity index (χ0v) is 13.7. The van der Waals surface area contributed by atoms with Gasteiger partial charge in [0.05, 0.1) is 12.2 Å². The normalized spacial score (nSPS) is 18.0. The van der Waals surface area contributed by atoms with Crippen molar-refractivity contribution in [3.8, 4) is 0 Å².